The average molecular weight is 100 g/mol. The van der Waals surface area contributed by atoms with Crippen molar-refractivity contribution in [3.8, 4) is 0 Å². The van der Waals surface area contributed by atoms with Crippen LogP contribution in [0, 0.1) is 0 Å². The van der Waals surface area contributed by atoms with Crippen LogP contribution in [0.25, 0.3) is 0 Å². The summed E-state index contributed by atoms with van der Waals surface area (Å²) in [6.45, 7) is 6.49. The molecule has 0 aromatic carbocycles. The zero-order chi connectivity index (χ0) is 5.33. The second-order valence-corrected chi connectivity index (χ2v) is 2.79. The molecule has 0 N–H and O–H groups in total. The smallest absolute Gasteiger partial charge is 0.128 e. The maximum atomic E-state index is 2.32. The molecule has 0 bridgehead atoms. The SMILES string of the molecule is CCC[N+]1(C)CC1. The minimum atomic E-state index is 1.34. The van der Waals surface area contributed by atoms with Crippen LogP contribution < -0.4 is 0 Å². The van der Waals surface area contributed by atoms with Crippen LogP contribution in [0.15, 0.2) is 0 Å². The molecule has 1 heterocycles. The van der Waals surface area contributed by atoms with Crippen LogP contribution in [0.2, 0.25) is 0 Å². The number of rotatable bonds is 2. The summed E-state index contributed by atoms with van der Waals surface area (Å²) in [5, 5.41) is 0. The van der Waals surface area contributed by atoms with E-state index >= 15 is 0 Å². The van der Waals surface area contributed by atoms with Crippen molar-refractivity contribution in [1.82, 2.24) is 0 Å². The maximum absolute atomic E-state index is 2.32. The monoisotopic (exact) mass is 100 g/mol. The molecule has 1 saturated heterocycles. The summed E-state index contributed by atoms with van der Waals surface area (Å²) in [7, 11) is 2.32. The Morgan fingerprint density at radius 1 is 1.43 bits per heavy atom. The van der Waals surface area contributed by atoms with Gasteiger partial charge in [-0.2, -0.15) is 0 Å². The van der Waals surface area contributed by atoms with E-state index in [1.807, 2.05) is 0 Å². The van der Waals surface area contributed by atoms with E-state index in [0.717, 1.165) is 0 Å². The molecule has 1 rings (SSSR count). The molecule has 1 fully saturated rings. The van der Waals surface area contributed by atoms with E-state index in [1.54, 1.807) is 0 Å². The Hall–Kier alpha value is -0.0400. The Kier molecular flexibility index (Phi) is 1.08. The summed E-state index contributed by atoms with van der Waals surface area (Å²) in [5.74, 6) is 0. The molecule has 1 nitrogen and oxygen atoms in total. The molecule has 0 aliphatic carbocycles. The van der Waals surface area contributed by atoms with Gasteiger partial charge in [-0.3, -0.25) is 0 Å². The lowest BCUT2D eigenvalue weighted by Crippen LogP contribution is -2.19. The standard InChI is InChI=1S/C6H14N/c1-3-4-7(2)5-6-7/h3-6H2,1-2H3/q+1. The van der Waals surface area contributed by atoms with E-state index in [0.29, 0.717) is 0 Å². The van der Waals surface area contributed by atoms with Crippen LogP contribution in [0.4, 0.5) is 0 Å². The average Bonchev–Trinajstić information content (AvgIpc) is 2.22. The van der Waals surface area contributed by atoms with Gasteiger partial charge in [-0.15, -0.1) is 0 Å². The fourth-order valence-electron chi connectivity index (χ4n) is 0.934. The second kappa shape index (κ2) is 1.48. The van der Waals surface area contributed by atoms with Gasteiger partial charge in [-0.25, -0.2) is 0 Å². The first-order valence-electron chi connectivity index (χ1n) is 3.10. The number of nitrogens with zero attached hydrogens (tertiary/aromatic N) is 1. The van der Waals surface area contributed by atoms with Gasteiger partial charge in [0.1, 0.15) is 13.1 Å². The highest BCUT2D eigenvalue weighted by Crippen LogP contribution is 2.15. The molecule has 7 heavy (non-hydrogen) atoms. The lowest BCUT2D eigenvalue weighted by atomic mass is 10.5. The van der Waals surface area contributed by atoms with Gasteiger partial charge in [0.25, 0.3) is 0 Å². The molecule has 0 aromatic rings. The van der Waals surface area contributed by atoms with E-state index in [-0.39, 0.29) is 0 Å². The summed E-state index contributed by atoms with van der Waals surface area (Å²) < 4.78 is 1.34. The van der Waals surface area contributed by atoms with Crippen molar-refractivity contribution in [2.45, 2.75) is 13.3 Å². The Labute approximate surface area is 45.5 Å². The maximum Gasteiger partial charge on any atom is 0.128 e. The van der Waals surface area contributed by atoms with Gasteiger partial charge < -0.3 is 4.48 Å². The van der Waals surface area contributed by atoms with Crippen LogP contribution in [0.3, 0.4) is 0 Å². The van der Waals surface area contributed by atoms with Gasteiger partial charge in [0.2, 0.25) is 0 Å². The quantitative estimate of drug-likeness (QED) is 0.356. The first-order valence-corrected chi connectivity index (χ1v) is 3.10. The predicted molar refractivity (Wildman–Crippen MR) is 31.1 cm³/mol. The van der Waals surface area contributed by atoms with Crippen molar-refractivity contribution < 1.29 is 4.48 Å². The zero-order valence-electron chi connectivity index (χ0n) is 5.28. The van der Waals surface area contributed by atoms with E-state index in [1.165, 1.54) is 30.5 Å². The van der Waals surface area contributed by atoms with E-state index < -0.39 is 0 Å². The third kappa shape index (κ3) is 1.16. The Morgan fingerprint density at radius 3 is 2.14 bits per heavy atom. The molecule has 0 spiro atoms. The highest BCUT2D eigenvalue weighted by atomic mass is 15.4. The van der Waals surface area contributed by atoms with E-state index in [9.17, 15) is 0 Å². The van der Waals surface area contributed by atoms with Gasteiger partial charge in [-0.05, 0) is 6.42 Å². The number of hydrogen-bond donors (Lipinski definition) is 0. The third-order valence-electron chi connectivity index (χ3n) is 1.75. The van der Waals surface area contributed by atoms with Crippen LogP contribution in [0.1, 0.15) is 13.3 Å². The van der Waals surface area contributed by atoms with E-state index in [2.05, 4.69) is 14.0 Å². The summed E-state index contributed by atoms with van der Waals surface area (Å²) in [5.41, 5.74) is 0. The van der Waals surface area contributed by atoms with Gasteiger partial charge in [0.15, 0.2) is 0 Å². The largest absolute Gasteiger partial charge is 0.317 e. The molecular weight excluding hydrogens is 86.1 g/mol. The molecule has 0 radical (unpaired) electrons. The van der Waals surface area contributed by atoms with Gasteiger partial charge in [0.05, 0.1) is 13.6 Å². The first kappa shape index (κ1) is 5.10. The van der Waals surface area contributed by atoms with Crippen molar-refractivity contribution in [3.63, 3.8) is 0 Å². The van der Waals surface area contributed by atoms with Crippen molar-refractivity contribution >= 4 is 0 Å². The summed E-state index contributed by atoms with van der Waals surface area (Å²) >= 11 is 0. The molecule has 1 aliphatic rings. The normalized spacial score (nSPS) is 24.9. The molecule has 1 heteroatoms. The fraction of sp³-hybridized carbons (Fsp3) is 1.00. The van der Waals surface area contributed by atoms with Crippen molar-refractivity contribution in [1.29, 1.82) is 0 Å². The zero-order valence-corrected chi connectivity index (χ0v) is 5.28. The summed E-state index contributed by atoms with van der Waals surface area (Å²) in [4.78, 5) is 0. The number of quaternary nitrogens is 1. The molecular formula is C6H14N+. The molecule has 0 unspecified atom stereocenters. The lowest BCUT2D eigenvalue weighted by Gasteiger charge is -2.07. The number of hydrogen-bond acceptors (Lipinski definition) is 0. The van der Waals surface area contributed by atoms with Gasteiger partial charge in [0, 0.05) is 0 Å². The molecule has 42 valence electrons. The highest BCUT2D eigenvalue weighted by molar-refractivity contribution is 4.49. The Balaban J connectivity index is 2.13. The van der Waals surface area contributed by atoms with Crippen LogP contribution in [-0.2, 0) is 0 Å². The molecule has 0 atom stereocenters. The fourth-order valence-corrected chi connectivity index (χ4v) is 0.934. The Bertz CT molecular complexity index is 64.6. The number of likely N-dealkylation sites (N-methyl/N-ethyl adjacent to an activating group) is 1. The van der Waals surface area contributed by atoms with Crippen LogP contribution >= 0.6 is 0 Å². The topological polar surface area (TPSA) is 0 Å². The Morgan fingerprint density at radius 2 is 2.00 bits per heavy atom. The molecule has 0 saturated carbocycles. The first-order chi connectivity index (χ1) is 3.27. The molecule has 0 aromatic heterocycles. The molecule has 0 amide bonds. The highest BCUT2D eigenvalue weighted by Gasteiger charge is 2.34. The minimum Gasteiger partial charge on any atom is -0.317 e. The van der Waals surface area contributed by atoms with Crippen molar-refractivity contribution in [2.24, 2.45) is 0 Å². The van der Waals surface area contributed by atoms with Gasteiger partial charge in [-0.1, -0.05) is 6.92 Å². The van der Waals surface area contributed by atoms with Gasteiger partial charge >= 0.3 is 0 Å². The van der Waals surface area contributed by atoms with Crippen molar-refractivity contribution in [3.05, 3.63) is 0 Å². The van der Waals surface area contributed by atoms with Crippen LogP contribution in [0.5, 0.6) is 0 Å². The van der Waals surface area contributed by atoms with Crippen LogP contribution in [-0.4, -0.2) is 31.2 Å². The predicted octanol–water partition coefficient (Wildman–Crippen LogP) is 0.857. The summed E-state index contributed by atoms with van der Waals surface area (Å²) in [6.07, 6.45) is 1.34. The lowest BCUT2D eigenvalue weighted by molar-refractivity contribution is -0.777. The van der Waals surface area contributed by atoms with E-state index in [4.69, 9.17) is 0 Å². The molecule has 1 aliphatic heterocycles. The third-order valence-corrected chi connectivity index (χ3v) is 1.75. The summed E-state index contributed by atoms with van der Waals surface area (Å²) in [6, 6.07) is 0. The second-order valence-electron chi connectivity index (χ2n) is 2.79. The minimum absolute atomic E-state index is 1.34. The van der Waals surface area contributed by atoms with Crippen molar-refractivity contribution in [2.75, 3.05) is 26.7 Å².